The Morgan fingerprint density at radius 2 is 1.50 bits per heavy atom. The third-order valence-corrected chi connectivity index (χ3v) is 1.47. The molecule has 0 bridgehead atoms. The molecule has 1 heterocycles. The van der Waals surface area contributed by atoms with Crippen LogP contribution in [0.25, 0.3) is 0 Å². The predicted molar refractivity (Wildman–Crippen MR) is 30.6 cm³/mol. The maximum Gasteiger partial charge on any atom is 0.320 e. The average molecular weight is 145 g/mol. The van der Waals surface area contributed by atoms with Gasteiger partial charge in [-0.3, -0.25) is 14.9 Å². The van der Waals surface area contributed by atoms with Crippen molar-refractivity contribution in [1.29, 1.82) is 0 Å². The molecule has 0 amide bonds. The van der Waals surface area contributed by atoms with E-state index in [1.54, 1.807) is 0 Å². The van der Waals surface area contributed by atoms with E-state index in [2.05, 4.69) is 5.32 Å². The lowest BCUT2D eigenvalue weighted by molar-refractivity contribution is -0.148. The molecule has 5 nitrogen and oxygen atoms in total. The van der Waals surface area contributed by atoms with Gasteiger partial charge < -0.3 is 10.2 Å². The SMILES string of the molecule is O=C(O)[C@@H]1C[C@@H](C(=O)O)N1. The lowest BCUT2D eigenvalue weighted by Gasteiger charge is -2.30. The van der Waals surface area contributed by atoms with Crippen LogP contribution in [0.3, 0.4) is 0 Å². The van der Waals surface area contributed by atoms with Crippen molar-refractivity contribution < 1.29 is 19.8 Å². The molecule has 0 aliphatic carbocycles. The van der Waals surface area contributed by atoms with Gasteiger partial charge >= 0.3 is 11.9 Å². The van der Waals surface area contributed by atoms with Crippen LogP contribution in [0.2, 0.25) is 0 Å². The molecule has 0 aromatic heterocycles. The zero-order valence-corrected chi connectivity index (χ0v) is 5.07. The predicted octanol–water partition coefficient (Wildman–Crippen LogP) is -1.11. The number of nitrogens with one attached hydrogen (secondary N) is 1. The fourth-order valence-electron chi connectivity index (χ4n) is 0.798. The zero-order chi connectivity index (χ0) is 7.72. The Kier molecular flexibility index (Phi) is 1.58. The summed E-state index contributed by atoms with van der Waals surface area (Å²) >= 11 is 0. The van der Waals surface area contributed by atoms with Gasteiger partial charge in [-0.15, -0.1) is 0 Å². The van der Waals surface area contributed by atoms with Gasteiger partial charge in [-0.25, -0.2) is 0 Å². The zero-order valence-electron chi connectivity index (χ0n) is 5.07. The van der Waals surface area contributed by atoms with Crippen LogP contribution in [-0.4, -0.2) is 34.2 Å². The summed E-state index contributed by atoms with van der Waals surface area (Å²) in [4.78, 5) is 20.2. The van der Waals surface area contributed by atoms with Crippen LogP contribution in [0, 0.1) is 0 Å². The van der Waals surface area contributed by atoms with Crippen molar-refractivity contribution in [2.75, 3.05) is 0 Å². The van der Waals surface area contributed by atoms with Crippen molar-refractivity contribution in [3.63, 3.8) is 0 Å². The number of hydrogen-bond donors (Lipinski definition) is 3. The summed E-state index contributed by atoms with van der Waals surface area (Å²) in [7, 11) is 0. The molecule has 3 N–H and O–H groups in total. The second kappa shape index (κ2) is 2.26. The molecule has 2 atom stereocenters. The van der Waals surface area contributed by atoms with Crippen LogP contribution >= 0.6 is 0 Å². The maximum absolute atomic E-state index is 10.1. The van der Waals surface area contributed by atoms with Gasteiger partial charge in [0.1, 0.15) is 12.1 Å². The lowest BCUT2D eigenvalue weighted by atomic mass is 9.98. The molecular formula is C5H7NO4. The van der Waals surface area contributed by atoms with E-state index < -0.39 is 24.0 Å². The summed E-state index contributed by atoms with van der Waals surface area (Å²) in [6.07, 6.45) is 0.185. The highest BCUT2D eigenvalue weighted by Crippen LogP contribution is 2.11. The number of carbonyl (C=O) groups is 2. The topological polar surface area (TPSA) is 86.6 Å². The summed E-state index contributed by atoms with van der Waals surface area (Å²) in [5.74, 6) is -1.98. The fourth-order valence-corrected chi connectivity index (χ4v) is 0.798. The molecule has 56 valence electrons. The Bertz CT molecular complexity index is 154. The first-order valence-corrected chi connectivity index (χ1v) is 2.83. The standard InChI is InChI=1S/C5H7NO4/c7-4(8)2-1-3(6-2)5(9)10/h2-3,6H,1H2,(H,7,8)(H,9,10)/t2-,3-/m0/s1. The summed E-state index contributed by atoms with van der Waals surface area (Å²) in [5, 5.41) is 18.9. The molecule has 5 heteroatoms. The van der Waals surface area contributed by atoms with Crippen molar-refractivity contribution in [2.45, 2.75) is 18.5 Å². The second-order valence-corrected chi connectivity index (χ2v) is 2.18. The summed E-state index contributed by atoms with van der Waals surface area (Å²) in [5.41, 5.74) is 0. The molecule has 0 saturated carbocycles. The van der Waals surface area contributed by atoms with E-state index in [1.807, 2.05) is 0 Å². The molecule has 0 aromatic rings. The minimum absolute atomic E-state index is 0.185. The van der Waals surface area contributed by atoms with Crippen LogP contribution in [0.1, 0.15) is 6.42 Å². The third kappa shape index (κ3) is 1.08. The molecule has 0 spiro atoms. The number of rotatable bonds is 2. The smallest absolute Gasteiger partial charge is 0.320 e. The molecular weight excluding hydrogens is 138 g/mol. The number of carboxylic acids is 2. The Hall–Kier alpha value is -1.10. The fraction of sp³-hybridized carbons (Fsp3) is 0.600. The van der Waals surface area contributed by atoms with Crippen LogP contribution in [0.15, 0.2) is 0 Å². The van der Waals surface area contributed by atoms with E-state index in [4.69, 9.17) is 10.2 Å². The van der Waals surface area contributed by atoms with Crippen LogP contribution < -0.4 is 5.32 Å². The normalized spacial score (nSPS) is 30.8. The van der Waals surface area contributed by atoms with Gasteiger partial charge in [0, 0.05) is 0 Å². The molecule has 0 radical (unpaired) electrons. The highest BCUT2D eigenvalue weighted by atomic mass is 16.4. The summed E-state index contributed by atoms with van der Waals surface area (Å²) < 4.78 is 0. The van der Waals surface area contributed by atoms with E-state index in [-0.39, 0.29) is 6.42 Å². The molecule has 1 rings (SSSR count). The molecule has 0 aromatic carbocycles. The minimum Gasteiger partial charge on any atom is -0.480 e. The van der Waals surface area contributed by atoms with Gasteiger partial charge in [-0.2, -0.15) is 0 Å². The van der Waals surface area contributed by atoms with Crippen molar-refractivity contribution in [2.24, 2.45) is 0 Å². The van der Waals surface area contributed by atoms with Crippen molar-refractivity contribution >= 4 is 11.9 Å². The van der Waals surface area contributed by atoms with Gasteiger partial charge in [0.2, 0.25) is 0 Å². The van der Waals surface area contributed by atoms with Gasteiger partial charge in [-0.05, 0) is 6.42 Å². The highest BCUT2D eigenvalue weighted by Gasteiger charge is 2.37. The molecule has 10 heavy (non-hydrogen) atoms. The van der Waals surface area contributed by atoms with Crippen LogP contribution in [0.4, 0.5) is 0 Å². The summed E-state index contributed by atoms with van der Waals surface area (Å²) in [6, 6.07) is -1.33. The van der Waals surface area contributed by atoms with Gasteiger partial charge in [-0.1, -0.05) is 0 Å². The van der Waals surface area contributed by atoms with E-state index in [0.29, 0.717) is 0 Å². The Morgan fingerprint density at radius 1 is 1.20 bits per heavy atom. The largest absolute Gasteiger partial charge is 0.480 e. The quantitative estimate of drug-likeness (QED) is 0.458. The Morgan fingerprint density at radius 3 is 1.70 bits per heavy atom. The number of hydrogen-bond acceptors (Lipinski definition) is 3. The lowest BCUT2D eigenvalue weighted by Crippen LogP contribution is -2.59. The van der Waals surface area contributed by atoms with Crippen molar-refractivity contribution in [1.82, 2.24) is 5.32 Å². The molecule has 0 unspecified atom stereocenters. The molecule has 1 fully saturated rings. The maximum atomic E-state index is 10.1. The first kappa shape index (κ1) is 7.01. The third-order valence-electron chi connectivity index (χ3n) is 1.47. The van der Waals surface area contributed by atoms with E-state index >= 15 is 0 Å². The van der Waals surface area contributed by atoms with Crippen LogP contribution in [0.5, 0.6) is 0 Å². The van der Waals surface area contributed by atoms with E-state index in [0.717, 1.165) is 0 Å². The van der Waals surface area contributed by atoms with Gasteiger partial charge in [0.15, 0.2) is 0 Å². The Balaban J connectivity index is 2.31. The first-order chi connectivity index (χ1) is 4.61. The van der Waals surface area contributed by atoms with Crippen LogP contribution in [-0.2, 0) is 9.59 Å². The van der Waals surface area contributed by atoms with Crippen molar-refractivity contribution in [3.8, 4) is 0 Å². The van der Waals surface area contributed by atoms with Crippen molar-refractivity contribution in [3.05, 3.63) is 0 Å². The minimum atomic E-state index is -0.988. The second-order valence-electron chi connectivity index (χ2n) is 2.18. The molecule has 1 aliphatic rings. The van der Waals surface area contributed by atoms with E-state index in [9.17, 15) is 9.59 Å². The van der Waals surface area contributed by atoms with E-state index in [1.165, 1.54) is 0 Å². The van der Waals surface area contributed by atoms with Gasteiger partial charge in [0.05, 0.1) is 0 Å². The monoisotopic (exact) mass is 145 g/mol. The average Bonchev–Trinajstić information content (AvgIpc) is 1.56. The number of aliphatic carboxylic acids is 2. The highest BCUT2D eigenvalue weighted by molar-refractivity contribution is 5.82. The molecule has 1 aliphatic heterocycles. The van der Waals surface area contributed by atoms with Gasteiger partial charge in [0.25, 0.3) is 0 Å². The summed E-state index contributed by atoms with van der Waals surface area (Å²) in [6.45, 7) is 0. The Labute approximate surface area is 56.7 Å². The first-order valence-electron chi connectivity index (χ1n) is 2.83. The molecule has 1 saturated heterocycles. The number of carboxylic acid groups (broad SMARTS) is 2.